The molecule has 0 aromatic carbocycles. The lowest BCUT2D eigenvalue weighted by atomic mass is 10.2. The molecule has 0 aliphatic heterocycles. The van der Waals surface area contributed by atoms with Gasteiger partial charge in [0.25, 0.3) is 0 Å². The first-order valence-corrected chi connectivity index (χ1v) is 4.63. The number of aliphatic hydroxyl groups excluding tert-OH is 1. The highest BCUT2D eigenvalue weighted by Crippen LogP contribution is 2.22. The molecule has 0 aliphatic rings. The van der Waals surface area contributed by atoms with Gasteiger partial charge in [-0.1, -0.05) is 6.92 Å². The van der Waals surface area contributed by atoms with Gasteiger partial charge in [-0.2, -0.15) is 0 Å². The number of aryl methyl sites for hydroxylation is 1. The highest BCUT2D eigenvalue weighted by molar-refractivity contribution is 5.52. The first-order chi connectivity index (χ1) is 7.10. The lowest BCUT2D eigenvalue weighted by molar-refractivity contribution is -0.388. The summed E-state index contributed by atoms with van der Waals surface area (Å²) in [6.07, 6.45) is 2.05. The molecule has 0 bridgehead atoms. The average Bonchev–Trinajstić information content (AvgIpc) is 2.56. The fourth-order valence-corrected chi connectivity index (χ4v) is 1.19. The Labute approximate surface area is 86.9 Å². The van der Waals surface area contributed by atoms with Crippen molar-refractivity contribution < 1.29 is 10.0 Å². The Morgan fingerprint density at radius 3 is 2.93 bits per heavy atom. The number of anilines is 1. The van der Waals surface area contributed by atoms with Crippen molar-refractivity contribution in [3.63, 3.8) is 0 Å². The molecule has 0 spiro atoms. The summed E-state index contributed by atoms with van der Waals surface area (Å²) in [4.78, 5) is 13.7. The smallest absolute Gasteiger partial charge is 0.394 e. The number of imidazole rings is 1. The van der Waals surface area contributed by atoms with Gasteiger partial charge >= 0.3 is 5.82 Å². The molecule has 1 rings (SSSR count). The maximum absolute atomic E-state index is 10.6. The lowest BCUT2D eigenvalue weighted by Gasteiger charge is -2.14. The van der Waals surface area contributed by atoms with Crippen molar-refractivity contribution in [1.82, 2.24) is 9.55 Å². The third-order valence-electron chi connectivity index (χ3n) is 2.14. The number of nitrogens with zero attached hydrogens (tertiary/aromatic N) is 3. The predicted molar refractivity (Wildman–Crippen MR) is 54.6 cm³/mol. The van der Waals surface area contributed by atoms with E-state index >= 15 is 0 Å². The van der Waals surface area contributed by atoms with E-state index in [0.29, 0.717) is 12.2 Å². The van der Waals surface area contributed by atoms with Crippen LogP contribution in [0, 0.1) is 10.1 Å². The second kappa shape index (κ2) is 4.74. The van der Waals surface area contributed by atoms with E-state index in [1.807, 2.05) is 6.92 Å². The molecule has 0 aliphatic carbocycles. The first kappa shape index (κ1) is 11.4. The third kappa shape index (κ3) is 2.44. The fraction of sp³-hybridized carbons (Fsp3) is 0.625. The molecule has 2 N–H and O–H groups in total. The first-order valence-electron chi connectivity index (χ1n) is 4.63. The van der Waals surface area contributed by atoms with E-state index in [9.17, 15) is 10.1 Å². The second-order valence-electron chi connectivity index (χ2n) is 3.22. The van der Waals surface area contributed by atoms with Crippen molar-refractivity contribution in [2.75, 3.05) is 11.9 Å². The van der Waals surface area contributed by atoms with Crippen LogP contribution in [0.2, 0.25) is 0 Å². The summed E-state index contributed by atoms with van der Waals surface area (Å²) in [7, 11) is 1.66. The van der Waals surface area contributed by atoms with Crippen LogP contribution < -0.4 is 5.32 Å². The van der Waals surface area contributed by atoms with E-state index in [4.69, 9.17) is 5.11 Å². The molecule has 7 nitrogen and oxygen atoms in total. The van der Waals surface area contributed by atoms with Crippen LogP contribution in [-0.4, -0.2) is 32.2 Å². The molecule has 1 heterocycles. The van der Waals surface area contributed by atoms with Crippen molar-refractivity contribution in [1.29, 1.82) is 0 Å². The zero-order chi connectivity index (χ0) is 11.4. The van der Waals surface area contributed by atoms with Crippen LogP contribution in [0.5, 0.6) is 0 Å². The van der Waals surface area contributed by atoms with Crippen molar-refractivity contribution in [3.05, 3.63) is 16.4 Å². The number of hydrogen-bond acceptors (Lipinski definition) is 5. The number of aromatic nitrogens is 2. The zero-order valence-electron chi connectivity index (χ0n) is 8.67. The highest BCUT2D eigenvalue weighted by Gasteiger charge is 2.21. The van der Waals surface area contributed by atoms with E-state index in [2.05, 4.69) is 10.3 Å². The normalized spacial score (nSPS) is 12.5. The second-order valence-corrected chi connectivity index (χ2v) is 3.22. The topological polar surface area (TPSA) is 93.2 Å². The van der Waals surface area contributed by atoms with Gasteiger partial charge < -0.3 is 20.5 Å². The van der Waals surface area contributed by atoms with Crippen LogP contribution in [0.4, 0.5) is 11.6 Å². The van der Waals surface area contributed by atoms with Crippen LogP contribution in [0.25, 0.3) is 0 Å². The van der Waals surface area contributed by atoms with Gasteiger partial charge in [0, 0.05) is 7.05 Å². The molecule has 1 atom stereocenters. The Morgan fingerprint density at radius 2 is 2.47 bits per heavy atom. The van der Waals surface area contributed by atoms with E-state index in [1.54, 1.807) is 7.05 Å². The summed E-state index contributed by atoms with van der Waals surface area (Å²) in [6, 6.07) is -0.195. The van der Waals surface area contributed by atoms with Gasteiger partial charge in [-0.05, 0) is 16.3 Å². The average molecular weight is 214 g/mol. The standard InChI is InChI=1S/C8H14N4O3/c1-3-6(4-13)10-8-7(12(14)15)9-5-11(8)2/h5-6,10,13H,3-4H2,1-2H3. The van der Waals surface area contributed by atoms with Crippen LogP contribution in [0.1, 0.15) is 13.3 Å². The summed E-state index contributed by atoms with van der Waals surface area (Å²) in [6.45, 7) is 1.81. The van der Waals surface area contributed by atoms with Gasteiger partial charge in [-0.15, -0.1) is 0 Å². The molecule has 1 unspecified atom stereocenters. The maximum atomic E-state index is 10.6. The van der Waals surface area contributed by atoms with Gasteiger partial charge in [-0.3, -0.25) is 4.57 Å². The van der Waals surface area contributed by atoms with Crippen LogP contribution in [-0.2, 0) is 7.05 Å². The monoisotopic (exact) mass is 214 g/mol. The maximum Gasteiger partial charge on any atom is 0.406 e. The molecule has 0 saturated heterocycles. The minimum absolute atomic E-state index is 0.0706. The van der Waals surface area contributed by atoms with Crippen molar-refractivity contribution in [2.24, 2.45) is 7.05 Å². The quantitative estimate of drug-likeness (QED) is 0.550. The molecular formula is C8H14N4O3. The molecule has 7 heteroatoms. The Kier molecular flexibility index (Phi) is 3.62. The molecule has 1 aromatic rings. The predicted octanol–water partition coefficient (Wildman–Crippen LogP) is 0.511. The molecule has 0 saturated carbocycles. The van der Waals surface area contributed by atoms with E-state index < -0.39 is 4.92 Å². The summed E-state index contributed by atoms with van der Waals surface area (Å²) in [5.74, 6) is 0.102. The van der Waals surface area contributed by atoms with Gasteiger partial charge in [-0.25, -0.2) is 0 Å². The molecule has 84 valence electrons. The van der Waals surface area contributed by atoms with Gasteiger partial charge in [0.1, 0.15) is 0 Å². The molecule has 1 aromatic heterocycles. The third-order valence-corrected chi connectivity index (χ3v) is 2.14. The Morgan fingerprint density at radius 1 is 1.80 bits per heavy atom. The van der Waals surface area contributed by atoms with Gasteiger partial charge in [0.2, 0.25) is 12.1 Å². The minimum atomic E-state index is -0.549. The Hall–Kier alpha value is -1.63. The number of nitro groups is 1. The molecular weight excluding hydrogens is 200 g/mol. The summed E-state index contributed by atoms with van der Waals surface area (Å²) in [5.41, 5.74) is 0. The van der Waals surface area contributed by atoms with E-state index in [-0.39, 0.29) is 18.5 Å². The SMILES string of the molecule is CCC(CO)Nc1c([N+](=O)[O-])ncn1C. The number of nitrogens with one attached hydrogen (secondary N) is 1. The number of aliphatic hydroxyl groups is 1. The summed E-state index contributed by atoms with van der Waals surface area (Å²) < 4.78 is 1.52. The number of hydrogen-bond donors (Lipinski definition) is 2. The molecule has 0 fully saturated rings. The molecule has 15 heavy (non-hydrogen) atoms. The van der Waals surface area contributed by atoms with Crippen LogP contribution in [0.3, 0.4) is 0 Å². The highest BCUT2D eigenvalue weighted by atomic mass is 16.6. The Bertz CT molecular complexity index is 346. The zero-order valence-corrected chi connectivity index (χ0v) is 8.67. The van der Waals surface area contributed by atoms with Crippen molar-refractivity contribution >= 4 is 11.6 Å². The van der Waals surface area contributed by atoms with Crippen molar-refractivity contribution in [2.45, 2.75) is 19.4 Å². The van der Waals surface area contributed by atoms with Gasteiger partial charge in [0.05, 0.1) is 12.6 Å². The number of rotatable bonds is 5. The largest absolute Gasteiger partial charge is 0.406 e. The fourth-order valence-electron chi connectivity index (χ4n) is 1.19. The van der Waals surface area contributed by atoms with E-state index in [1.165, 1.54) is 10.9 Å². The van der Waals surface area contributed by atoms with Gasteiger partial charge in [0.15, 0.2) is 0 Å². The van der Waals surface area contributed by atoms with E-state index in [0.717, 1.165) is 0 Å². The van der Waals surface area contributed by atoms with Crippen LogP contribution in [0.15, 0.2) is 6.33 Å². The van der Waals surface area contributed by atoms with Crippen molar-refractivity contribution in [3.8, 4) is 0 Å². The molecule has 0 radical (unpaired) electrons. The van der Waals surface area contributed by atoms with Crippen LogP contribution >= 0.6 is 0 Å². The lowest BCUT2D eigenvalue weighted by Crippen LogP contribution is -2.24. The Balaban J connectivity index is 2.91. The minimum Gasteiger partial charge on any atom is -0.394 e. The summed E-state index contributed by atoms with van der Waals surface area (Å²) in [5, 5.41) is 22.5. The molecule has 0 amide bonds. The summed E-state index contributed by atoms with van der Waals surface area (Å²) >= 11 is 0.